The minimum absolute atomic E-state index is 0.0774. The van der Waals surface area contributed by atoms with Gasteiger partial charge in [-0.05, 0) is 11.6 Å². The Bertz CT molecular complexity index is 613. The topological polar surface area (TPSA) is 61.4 Å². The summed E-state index contributed by atoms with van der Waals surface area (Å²) in [6.45, 7) is 0.330. The summed E-state index contributed by atoms with van der Waals surface area (Å²) >= 11 is 0. The van der Waals surface area contributed by atoms with E-state index in [9.17, 15) is 9.90 Å². The number of rotatable bonds is 4. The minimum Gasteiger partial charge on any atom is -0.387 e. The number of carbonyl (C=O) groups excluding carboxylic acids is 1. The largest absolute Gasteiger partial charge is 0.387 e. The summed E-state index contributed by atoms with van der Waals surface area (Å²) < 4.78 is 0. The van der Waals surface area contributed by atoms with Crippen LogP contribution in [0.25, 0.3) is 0 Å². The van der Waals surface area contributed by atoms with Gasteiger partial charge in [-0.15, -0.1) is 0 Å². The predicted molar refractivity (Wildman–Crippen MR) is 77.2 cm³/mol. The van der Waals surface area contributed by atoms with Gasteiger partial charge in [-0.1, -0.05) is 48.5 Å². The van der Waals surface area contributed by atoms with Gasteiger partial charge >= 0.3 is 0 Å². The van der Waals surface area contributed by atoms with E-state index in [1.807, 2.05) is 54.6 Å². The first-order valence-electron chi connectivity index (χ1n) is 6.62. The molecule has 0 aliphatic carbocycles. The molecule has 102 valence electrons. The zero-order valence-corrected chi connectivity index (χ0v) is 10.9. The molecular formula is C16H16N2O2. The van der Waals surface area contributed by atoms with E-state index in [0.717, 1.165) is 16.8 Å². The van der Waals surface area contributed by atoms with Gasteiger partial charge in [-0.3, -0.25) is 10.1 Å². The van der Waals surface area contributed by atoms with Crippen molar-refractivity contribution in [3.05, 3.63) is 65.7 Å². The average Bonchev–Trinajstić information content (AvgIpc) is 2.81. The molecule has 0 saturated heterocycles. The number of para-hydroxylation sites is 1. The second-order valence-corrected chi connectivity index (χ2v) is 4.84. The molecule has 0 bridgehead atoms. The first-order valence-corrected chi connectivity index (χ1v) is 6.62. The molecule has 2 unspecified atom stereocenters. The van der Waals surface area contributed by atoms with E-state index in [1.165, 1.54) is 0 Å². The van der Waals surface area contributed by atoms with Crippen LogP contribution in [-0.4, -0.2) is 17.6 Å². The molecule has 1 aliphatic rings. The molecule has 1 amide bonds. The van der Waals surface area contributed by atoms with Gasteiger partial charge < -0.3 is 10.4 Å². The lowest BCUT2D eigenvalue weighted by molar-refractivity contribution is -0.117. The Kier molecular flexibility index (Phi) is 3.50. The lowest BCUT2D eigenvalue weighted by atomic mass is 10.1. The fourth-order valence-corrected chi connectivity index (χ4v) is 2.43. The number of anilines is 1. The van der Waals surface area contributed by atoms with Gasteiger partial charge in [0.1, 0.15) is 6.04 Å². The normalized spacial score (nSPS) is 18.4. The summed E-state index contributed by atoms with van der Waals surface area (Å²) in [5.74, 6) is -0.0774. The molecule has 4 nitrogen and oxygen atoms in total. The fourth-order valence-electron chi connectivity index (χ4n) is 2.43. The number of carbonyl (C=O) groups is 1. The zero-order chi connectivity index (χ0) is 13.9. The van der Waals surface area contributed by atoms with Crippen molar-refractivity contribution in [1.29, 1.82) is 0 Å². The summed E-state index contributed by atoms with van der Waals surface area (Å²) in [5, 5.41) is 16.1. The lowest BCUT2D eigenvalue weighted by Gasteiger charge is -2.16. The third-order valence-electron chi connectivity index (χ3n) is 3.49. The zero-order valence-electron chi connectivity index (χ0n) is 10.9. The Hall–Kier alpha value is -2.17. The molecule has 2 aromatic rings. The van der Waals surface area contributed by atoms with Crippen LogP contribution in [0.3, 0.4) is 0 Å². The third kappa shape index (κ3) is 2.43. The summed E-state index contributed by atoms with van der Waals surface area (Å²) in [7, 11) is 0. The van der Waals surface area contributed by atoms with E-state index in [2.05, 4.69) is 10.6 Å². The molecule has 20 heavy (non-hydrogen) atoms. The van der Waals surface area contributed by atoms with Crippen LogP contribution in [0, 0.1) is 0 Å². The number of hydrogen-bond acceptors (Lipinski definition) is 3. The summed E-state index contributed by atoms with van der Waals surface area (Å²) in [4.78, 5) is 11.9. The quantitative estimate of drug-likeness (QED) is 0.795. The van der Waals surface area contributed by atoms with E-state index in [0.29, 0.717) is 6.54 Å². The van der Waals surface area contributed by atoms with Crippen LogP contribution in [0.4, 0.5) is 5.69 Å². The molecule has 3 rings (SSSR count). The number of nitrogens with one attached hydrogen (secondary N) is 2. The van der Waals surface area contributed by atoms with Gasteiger partial charge in [-0.25, -0.2) is 0 Å². The first kappa shape index (κ1) is 12.8. The van der Waals surface area contributed by atoms with Crippen molar-refractivity contribution in [2.75, 3.05) is 11.9 Å². The molecule has 0 radical (unpaired) electrons. The van der Waals surface area contributed by atoms with Gasteiger partial charge in [-0.2, -0.15) is 0 Å². The van der Waals surface area contributed by atoms with Gasteiger partial charge in [0.25, 0.3) is 0 Å². The van der Waals surface area contributed by atoms with Gasteiger partial charge in [0.15, 0.2) is 0 Å². The van der Waals surface area contributed by atoms with Crippen molar-refractivity contribution >= 4 is 11.6 Å². The fraction of sp³-hybridized carbons (Fsp3) is 0.188. The van der Waals surface area contributed by atoms with Crippen molar-refractivity contribution in [3.63, 3.8) is 0 Å². The minimum atomic E-state index is -0.628. The van der Waals surface area contributed by atoms with Crippen molar-refractivity contribution in [3.8, 4) is 0 Å². The van der Waals surface area contributed by atoms with E-state index >= 15 is 0 Å². The van der Waals surface area contributed by atoms with E-state index < -0.39 is 12.1 Å². The molecule has 1 heterocycles. The third-order valence-corrected chi connectivity index (χ3v) is 3.49. The predicted octanol–water partition coefficient (Wildman–Crippen LogP) is 2.00. The smallest absolute Gasteiger partial charge is 0.246 e. The number of benzene rings is 2. The maximum Gasteiger partial charge on any atom is 0.246 e. The Labute approximate surface area is 117 Å². The molecule has 2 aromatic carbocycles. The monoisotopic (exact) mass is 268 g/mol. The van der Waals surface area contributed by atoms with Gasteiger partial charge in [0, 0.05) is 17.8 Å². The summed E-state index contributed by atoms with van der Waals surface area (Å²) in [6, 6.07) is 16.6. The van der Waals surface area contributed by atoms with Crippen LogP contribution < -0.4 is 10.6 Å². The maximum absolute atomic E-state index is 11.9. The second-order valence-electron chi connectivity index (χ2n) is 4.84. The summed E-state index contributed by atoms with van der Waals surface area (Å²) in [5.41, 5.74) is 2.61. The lowest BCUT2D eigenvalue weighted by Crippen LogP contribution is -2.31. The molecule has 3 N–H and O–H groups in total. The van der Waals surface area contributed by atoms with Gasteiger partial charge in [0.05, 0.1) is 6.10 Å². The van der Waals surface area contributed by atoms with E-state index in [1.54, 1.807) is 0 Å². The Morgan fingerprint density at radius 3 is 2.60 bits per heavy atom. The number of hydrogen-bond donors (Lipinski definition) is 3. The molecule has 2 atom stereocenters. The number of aliphatic hydroxyl groups excluding tert-OH is 1. The Morgan fingerprint density at radius 2 is 1.80 bits per heavy atom. The van der Waals surface area contributed by atoms with Crippen LogP contribution >= 0.6 is 0 Å². The van der Waals surface area contributed by atoms with Crippen LogP contribution in [-0.2, 0) is 4.79 Å². The number of aliphatic hydroxyl groups is 1. The van der Waals surface area contributed by atoms with Crippen molar-refractivity contribution in [2.24, 2.45) is 0 Å². The Balaban J connectivity index is 1.69. The molecule has 0 spiro atoms. The number of amides is 1. The van der Waals surface area contributed by atoms with E-state index in [-0.39, 0.29) is 5.91 Å². The van der Waals surface area contributed by atoms with E-state index in [4.69, 9.17) is 0 Å². The molecule has 4 heteroatoms. The average molecular weight is 268 g/mol. The highest BCUT2D eigenvalue weighted by Crippen LogP contribution is 2.30. The van der Waals surface area contributed by atoms with Crippen molar-refractivity contribution in [2.45, 2.75) is 12.1 Å². The molecule has 0 saturated carbocycles. The van der Waals surface area contributed by atoms with Crippen LogP contribution in [0.2, 0.25) is 0 Å². The second kappa shape index (κ2) is 5.45. The highest BCUT2D eigenvalue weighted by atomic mass is 16.3. The Morgan fingerprint density at radius 1 is 1.10 bits per heavy atom. The van der Waals surface area contributed by atoms with Crippen LogP contribution in [0.15, 0.2) is 54.6 Å². The number of fused-ring (bicyclic) bond motifs is 1. The molecule has 0 aromatic heterocycles. The van der Waals surface area contributed by atoms with Crippen LogP contribution in [0.1, 0.15) is 23.3 Å². The molecular weight excluding hydrogens is 252 g/mol. The molecule has 0 fully saturated rings. The highest BCUT2D eigenvalue weighted by Gasteiger charge is 2.29. The van der Waals surface area contributed by atoms with Crippen molar-refractivity contribution < 1.29 is 9.90 Å². The maximum atomic E-state index is 11.9. The molecule has 1 aliphatic heterocycles. The standard InChI is InChI=1S/C16H16N2O2/c19-14(11-6-2-1-3-7-11)10-17-15-12-8-4-5-9-13(12)18-16(15)20/h1-9,14-15,17,19H,10H2,(H,18,20). The summed E-state index contributed by atoms with van der Waals surface area (Å²) in [6.07, 6.45) is -0.628. The van der Waals surface area contributed by atoms with Gasteiger partial charge in [0.2, 0.25) is 5.91 Å². The highest BCUT2D eigenvalue weighted by molar-refractivity contribution is 6.02. The van der Waals surface area contributed by atoms with Crippen molar-refractivity contribution in [1.82, 2.24) is 5.32 Å². The SMILES string of the molecule is O=C1Nc2ccccc2C1NCC(O)c1ccccc1. The first-order chi connectivity index (χ1) is 9.75. The van der Waals surface area contributed by atoms with Crippen LogP contribution in [0.5, 0.6) is 0 Å².